The number of aryl methyl sites for hydroxylation is 2. The van der Waals surface area contributed by atoms with Crippen molar-refractivity contribution in [2.24, 2.45) is 0 Å². The van der Waals surface area contributed by atoms with Gasteiger partial charge in [0.05, 0.1) is 12.2 Å². The monoisotopic (exact) mass is 506 g/mol. The number of benzene rings is 1. The Morgan fingerprint density at radius 1 is 1.24 bits per heavy atom. The molecule has 0 bridgehead atoms. The first-order chi connectivity index (χ1) is 17.4. The molecule has 1 aliphatic heterocycles. The van der Waals surface area contributed by atoms with Crippen molar-refractivity contribution < 1.29 is 23.8 Å². The van der Waals surface area contributed by atoms with Crippen LogP contribution in [0.1, 0.15) is 73.4 Å². The molecule has 0 spiro atoms. The lowest BCUT2D eigenvalue weighted by Gasteiger charge is -2.29. The molecule has 3 aromatic rings. The van der Waals surface area contributed by atoms with Gasteiger partial charge in [0, 0.05) is 40.0 Å². The van der Waals surface area contributed by atoms with E-state index in [1.807, 2.05) is 41.5 Å². The normalized spacial score (nSPS) is 15.8. The molecule has 2 aliphatic rings. The summed E-state index contributed by atoms with van der Waals surface area (Å²) in [6.07, 6.45) is 3.45. The number of carboxylic acids is 1. The smallest absolute Gasteiger partial charge is 0.337 e. The van der Waals surface area contributed by atoms with Gasteiger partial charge in [-0.2, -0.15) is 0 Å². The third kappa shape index (κ3) is 4.43. The van der Waals surface area contributed by atoms with Gasteiger partial charge in [-0.15, -0.1) is 0 Å². The number of hydrogen-bond donors (Lipinski definition) is 1. The van der Waals surface area contributed by atoms with E-state index in [2.05, 4.69) is 17.6 Å². The summed E-state index contributed by atoms with van der Waals surface area (Å²) in [6.45, 7) is 14.6. The summed E-state index contributed by atoms with van der Waals surface area (Å²) in [5, 5.41) is 11.2. The number of ether oxygens (including phenoxy) is 2. The number of rotatable bonds is 6. The van der Waals surface area contributed by atoms with Crippen LogP contribution in [-0.2, 0) is 22.5 Å². The first-order valence-electron chi connectivity index (χ1n) is 12.9. The Morgan fingerprint density at radius 2 is 1.95 bits per heavy atom. The van der Waals surface area contributed by atoms with Gasteiger partial charge in [-0.3, -0.25) is 0 Å². The highest BCUT2D eigenvalue weighted by Gasteiger charge is 2.35. The van der Waals surface area contributed by atoms with E-state index in [-0.39, 0.29) is 0 Å². The maximum atomic E-state index is 15.5. The Morgan fingerprint density at radius 3 is 2.57 bits per heavy atom. The molecule has 2 aromatic heterocycles. The molecule has 1 aromatic carbocycles. The molecular formula is C30H35FN2O4. The number of nitrogens with zero attached hydrogens (tertiary/aromatic N) is 2. The van der Waals surface area contributed by atoms with Gasteiger partial charge in [0.2, 0.25) is 0 Å². The predicted octanol–water partition coefficient (Wildman–Crippen LogP) is 6.67. The van der Waals surface area contributed by atoms with Crippen LogP contribution in [0.3, 0.4) is 0 Å². The third-order valence-corrected chi connectivity index (χ3v) is 7.50. The van der Waals surface area contributed by atoms with Crippen LogP contribution in [0.2, 0.25) is 0 Å². The molecule has 0 saturated heterocycles. The Labute approximate surface area is 217 Å². The molecule has 0 saturated carbocycles. The van der Waals surface area contributed by atoms with Gasteiger partial charge in [0.1, 0.15) is 5.65 Å². The van der Waals surface area contributed by atoms with Crippen molar-refractivity contribution in [3.05, 3.63) is 57.2 Å². The molecule has 0 amide bonds. The quantitative estimate of drug-likeness (QED) is 0.378. The van der Waals surface area contributed by atoms with Gasteiger partial charge in [-0.25, -0.2) is 14.2 Å². The number of aliphatic carboxylic acids is 1. The van der Waals surface area contributed by atoms with Gasteiger partial charge in [-0.05, 0) is 90.5 Å². The van der Waals surface area contributed by atoms with Crippen molar-refractivity contribution in [3.8, 4) is 16.9 Å². The van der Waals surface area contributed by atoms with Crippen molar-refractivity contribution in [1.82, 2.24) is 9.55 Å². The van der Waals surface area contributed by atoms with E-state index in [1.165, 1.54) is 11.6 Å². The summed E-state index contributed by atoms with van der Waals surface area (Å²) in [5.74, 6) is -1.22. The highest BCUT2D eigenvalue weighted by Crippen LogP contribution is 2.46. The average molecular weight is 507 g/mol. The second kappa shape index (κ2) is 8.98. The summed E-state index contributed by atoms with van der Waals surface area (Å²) in [6, 6.07) is 1.50. The Bertz CT molecular complexity index is 1480. The molecule has 37 heavy (non-hydrogen) atoms. The van der Waals surface area contributed by atoms with Crippen LogP contribution < -0.4 is 4.74 Å². The molecule has 0 fully saturated rings. The summed E-state index contributed by atoms with van der Waals surface area (Å²) in [5.41, 5.74) is 7.62. The van der Waals surface area contributed by atoms with Gasteiger partial charge in [0.25, 0.3) is 0 Å². The SMILES string of the molecule is Cc1nc2c(c(C)c(C)n2CC2=CC2)c(-c2cc(F)c3c(c2C)CCCO3)c1[C@H](OC(C)(C)C)C(=O)O. The van der Waals surface area contributed by atoms with Crippen LogP contribution in [0.15, 0.2) is 17.7 Å². The lowest BCUT2D eigenvalue weighted by molar-refractivity contribution is -0.160. The zero-order chi connectivity index (χ0) is 26.8. The molecule has 6 nitrogen and oxygen atoms in total. The summed E-state index contributed by atoms with van der Waals surface area (Å²) in [4.78, 5) is 17.7. The zero-order valence-electron chi connectivity index (χ0n) is 22.7. The number of carboxylic acid groups (broad SMARTS) is 1. The van der Waals surface area contributed by atoms with E-state index >= 15 is 4.39 Å². The first kappa shape index (κ1) is 25.5. The minimum atomic E-state index is -1.27. The van der Waals surface area contributed by atoms with Crippen LogP contribution in [0.25, 0.3) is 22.2 Å². The molecule has 7 heteroatoms. The second-order valence-electron chi connectivity index (χ2n) is 11.3. The first-order valence-corrected chi connectivity index (χ1v) is 12.9. The molecule has 0 unspecified atom stereocenters. The number of allylic oxidation sites excluding steroid dienone is 2. The van der Waals surface area contributed by atoms with Gasteiger partial charge in [0.15, 0.2) is 17.7 Å². The minimum Gasteiger partial charge on any atom is -0.490 e. The fourth-order valence-corrected chi connectivity index (χ4v) is 5.50. The zero-order valence-corrected chi connectivity index (χ0v) is 22.7. The molecule has 0 radical (unpaired) electrons. The maximum absolute atomic E-state index is 15.5. The summed E-state index contributed by atoms with van der Waals surface area (Å²) >= 11 is 0. The van der Waals surface area contributed by atoms with Gasteiger partial charge in [-0.1, -0.05) is 11.6 Å². The lowest BCUT2D eigenvalue weighted by Crippen LogP contribution is -2.28. The summed E-state index contributed by atoms with van der Waals surface area (Å²) in [7, 11) is 0. The largest absolute Gasteiger partial charge is 0.490 e. The number of fused-ring (bicyclic) bond motifs is 2. The van der Waals surface area contributed by atoms with Crippen LogP contribution in [0.5, 0.6) is 5.75 Å². The van der Waals surface area contributed by atoms with E-state index in [4.69, 9.17) is 14.5 Å². The summed E-state index contributed by atoms with van der Waals surface area (Å²) < 4.78 is 29.6. The number of carbonyl (C=O) groups is 1. The number of aromatic nitrogens is 2. The topological polar surface area (TPSA) is 73.6 Å². The van der Waals surface area contributed by atoms with Crippen LogP contribution in [-0.4, -0.2) is 32.8 Å². The number of hydrogen-bond acceptors (Lipinski definition) is 4. The van der Waals surface area contributed by atoms with Gasteiger partial charge < -0.3 is 19.1 Å². The number of pyridine rings is 1. The Hall–Kier alpha value is -3.19. The lowest BCUT2D eigenvalue weighted by atomic mass is 9.86. The van der Waals surface area contributed by atoms with Crippen LogP contribution in [0, 0.1) is 33.5 Å². The average Bonchev–Trinajstić information content (AvgIpc) is 3.62. The molecular weight excluding hydrogens is 471 g/mol. The highest BCUT2D eigenvalue weighted by molar-refractivity contribution is 6.01. The minimum absolute atomic E-state index is 0.308. The molecule has 1 aliphatic carbocycles. The van der Waals surface area contributed by atoms with Crippen LogP contribution >= 0.6 is 0 Å². The standard InChI is InChI=1S/C30H35FN2O4/c1-15-18(4)33(14-19-10-11-19)28-23(15)25(21-13-22(31)26-20(16(21)2)9-8-12-36-26)24(17(3)32-28)27(29(34)35)37-30(5,6)7/h10,13,27H,8-9,11-12,14H2,1-7H3,(H,34,35)/t27-/m0/s1. The second-order valence-corrected chi connectivity index (χ2v) is 11.3. The number of halogens is 1. The molecule has 1 atom stereocenters. The van der Waals surface area contributed by atoms with E-state index in [0.717, 1.165) is 52.8 Å². The highest BCUT2D eigenvalue weighted by atomic mass is 19.1. The fourth-order valence-electron chi connectivity index (χ4n) is 5.50. The fraction of sp³-hybridized carbons (Fsp3) is 0.467. The molecule has 1 N–H and O–H groups in total. The molecule has 196 valence electrons. The third-order valence-electron chi connectivity index (χ3n) is 7.50. The Balaban J connectivity index is 1.91. The van der Waals surface area contributed by atoms with Crippen molar-refractivity contribution in [3.63, 3.8) is 0 Å². The molecule has 3 heterocycles. The van der Waals surface area contributed by atoms with Crippen LogP contribution in [0.4, 0.5) is 4.39 Å². The van der Waals surface area contributed by atoms with E-state index in [1.54, 1.807) is 0 Å². The van der Waals surface area contributed by atoms with Crippen molar-refractivity contribution in [2.45, 2.75) is 86.0 Å². The van der Waals surface area contributed by atoms with E-state index in [9.17, 15) is 9.90 Å². The van der Waals surface area contributed by atoms with E-state index in [0.29, 0.717) is 41.2 Å². The maximum Gasteiger partial charge on any atom is 0.337 e. The van der Waals surface area contributed by atoms with Gasteiger partial charge >= 0.3 is 5.97 Å². The van der Waals surface area contributed by atoms with Crippen molar-refractivity contribution >= 4 is 17.0 Å². The van der Waals surface area contributed by atoms with Crippen molar-refractivity contribution in [1.29, 1.82) is 0 Å². The van der Waals surface area contributed by atoms with Crippen molar-refractivity contribution in [2.75, 3.05) is 6.61 Å². The predicted molar refractivity (Wildman–Crippen MR) is 142 cm³/mol. The molecule has 5 rings (SSSR count). The Kier molecular flexibility index (Phi) is 6.18. The van der Waals surface area contributed by atoms with E-state index < -0.39 is 23.5 Å².